The summed E-state index contributed by atoms with van der Waals surface area (Å²) in [5, 5.41) is 2.20. The molecule has 0 saturated heterocycles. The van der Waals surface area contributed by atoms with E-state index in [1.54, 1.807) is 32.9 Å². The largest absolute Gasteiger partial charge is 0.443 e. The van der Waals surface area contributed by atoms with Gasteiger partial charge in [-0.2, -0.15) is 0 Å². The Morgan fingerprint density at radius 2 is 1.61 bits per heavy atom. The Morgan fingerprint density at radius 3 is 2.30 bits per heavy atom. The Balaban J connectivity index is 1.82. The molecule has 3 aromatic rings. The second-order valence-electron chi connectivity index (χ2n) is 9.78. The molecule has 0 fully saturated rings. The number of hydrogen-bond acceptors (Lipinski definition) is 4. The maximum Gasteiger partial charge on any atom is 0.421 e. The van der Waals surface area contributed by atoms with Gasteiger partial charge in [0, 0.05) is 6.42 Å². The fourth-order valence-electron chi connectivity index (χ4n) is 4.59. The zero-order chi connectivity index (χ0) is 23.8. The molecule has 0 aromatic heterocycles. The summed E-state index contributed by atoms with van der Waals surface area (Å²) < 4.78 is 5.57. The summed E-state index contributed by atoms with van der Waals surface area (Å²) >= 11 is 0. The topological polar surface area (TPSA) is 63.7 Å². The monoisotopic (exact) mass is 443 g/mol. The van der Waals surface area contributed by atoms with Gasteiger partial charge in [0.1, 0.15) is 11.4 Å². The third kappa shape index (κ3) is 4.40. The van der Waals surface area contributed by atoms with E-state index in [1.165, 1.54) is 6.92 Å². The molecule has 0 bridgehead atoms. The van der Waals surface area contributed by atoms with Crippen LogP contribution in [0, 0.1) is 0 Å². The van der Waals surface area contributed by atoms with E-state index in [-0.39, 0.29) is 18.1 Å². The van der Waals surface area contributed by atoms with Crippen LogP contribution in [0.5, 0.6) is 0 Å². The normalized spacial score (nSPS) is 17.8. The van der Waals surface area contributed by atoms with E-state index in [1.807, 2.05) is 48.5 Å². The maximum atomic E-state index is 14.0. The molecule has 0 aliphatic carbocycles. The highest BCUT2D eigenvalue weighted by Crippen LogP contribution is 2.47. The Kier molecular flexibility index (Phi) is 5.83. The van der Waals surface area contributed by atoms with Crippen LogP contribution in [0.4, 0.5) is 10.5 Å². The van der Waals surface area contributed by atoms with Gasteiger partial charge < -0.3 is 9.53 Å². The fourth-order valence-corrected chi connectivity index (χ4v) is 4.59. The molecule has 1 atom stereocenters. The SMILES string of the molecule is CC(=O)CC[C@]1(Cc2ccc3ccccc3c2)C(=O)N(C(=O)OC(C)(C)C)c2ccccc21. The van der Waals surface area contributed by atoms with Crippen LogP contribution in [0.1, 0.15) is 51.7 Å². The summed E-state index contributed by atoms with van der Waals surface area (Å²) in [5.41, 5.74) is 0.500. The molecule has 0 unspecified atom stereocenters. The first kappa shape index (κ1) is 22.7. The summed E-state index contributed by atoms with van der Waals surface area (Å²) in [5.74, 6) is -0.332. The van der Waals surface area contributed by atoms with Crippen LogP contribution in [0.2, 0.25) is 0 Å². The van der Waals surface area contributed by atoms with E-state index in [2.05, 4.69) is 6.07 Å². The van der Waals surface area contributed by atoms with Crippen molar-refractivity contribution in [1.29, 1.82) is 0 Å². The minimum Gasteiger partial charge on any atom is -0.443 e. The summed E-state index contributed by atoms with van der Waals surface area (Å²) in [4.78, 5) is 40.2. The van der Waals surface area contributed by atoms with Gasteiger partial charge in [0.25, 0.3) is 0 Å². The minimum absolute atomic E-state index is 0.00823. The first-order chi connectivity index (χ1) is 15.6. The Labute approximate surface area is 194 Å². The van der Waals surface area contributed by atoms with Crippen molar-refractivity contribution < 1.29 is 19.1 Å². The minimum atomic E-state index is -1.03. The van der Waals surface area contributed by atoms with Crippen LogP contribution in [0.15, 0.2) is 66.7 Å². The Morgan fingerprint density at radius 1 is 0.939 bits per heavy atom. The number of fused-ring (bicyclic) bond motifs is 2. The number of anilines is 1. The second-order valence-corrected chi connectivity index (χ2v) is 9.78. The molecular formula is C28H29NO4. The van der Waals surface area contributed by atoms with Gasteiger partial charge in [0.15, 0.2) is 0 Å². The van der Waals surface area contributed by atoms with Gasteiger partial charge in [-0.25, -0.2) is 9.69 Å². The molecule has 0 saturated carbocycles. The molecule has 0 radical (unpaired) electrons. The number of para-hydroxylation sites is 1. The maximum absolute atomic E-state index is 14.0. The van der Waals surface area contributed by atoms with E-state index < -0.39 is 17.1 Å². The van der Waals surface area contributed by atoms with Crippen LogP contribution in [-0.4, -0.2) is 23.4 Å². The van der Waals surface area contributed by atoms with E-state index in [0.29, 0.717) is 18.5 Å². The highest BCUT2D eigenvalue weighted by Gasteiger charge is 2.53. The number of hydrogen-bond donors (Lipinski definition) is 0. The Hall–Kier alpha value is -3.47. The molecule has 0 N–H and O–H groups in total. The van der Waals surface area contributed by atoms with Gasteiger partial charge in [-0.15, -0.1) is 0 Å². The third-order valence-corrected chi connectivity index (χ3v) is 6.07. The van der Waals surface area contributed by atoms with Crippen molar-refractivity contribution in [3.63, 3.8) is 0 Å². The number of ketones is 1. The molecule has 4 rings (SSSR count). The van der Waals surface area contributed by atoms with Crippen LogP contribution in [-0.2, 0) is 26.2 Å². The van der Waals surface area contributed by atoms with Crippen LogP contribution in [0.25, 0.3) is 10.8 Å². The van der Waals surface area contributed by atoms with Crippen molar-refractivity contribution in [2.24, 2.45) is 0 Å². The third-order valence-electron chi connectivity index (χ3n) is 6.07. The van der Waals surface area contributed by atoms with Gasteiger partial charge in [0.05, 0.1) is 11.1 Å². The highest BCUT2D eigenvalue weighted by atomic mass is 16.6. The van der Waals surface area contributed by atoms with E-state index in [9.17, 15) is 14.4 Å². The van der Waals surface area contributed by atoms with Gasteiger partial charge >= 0.3 is 6.09 Å². The van der Waals surface area contributed by atoms with Crippen LogP contribution in [0.3, 0.4) is 0 Å². The number of amides is 2. The fraction of sp³-hybridized carbons (Fsp3) is 0.321. The number of imide groups is 1. The number of benzene rings is 3. The molecule has 1 aliphatic heterocycles. The molecule has 5 nitrogen and oxygen atoms in total. The molecule has 170 valence electrons. The van der Waals surface area contributed by atoms with Crippen LogP contribution < -0.4 is 4.90 Å². The van der Waals surface area contributed by atoms with Crippen molar-refractivity contribution in [2.75, 3.05) is 4.90 Å². The van der Waals surface area contributed by atoms with Crippen molar-refractivity contribution in [1.82, 2.24) is 0 Å². The smallest absolute Gasteiger partial charge is 0.421 e. The van der Waals surface area contributed by atoms with E-state index in [0.717, 1.165) is 26.8 Å². The van der Waals surface area contributed by atoms with E-state index in [4.69, 9.17) is 4.74 Å². The molecule has 1 aliphatic rings. The zero-order valence-corrected chi connectivity index (χ0v) is 19.6. The standard InChI is InChI=1S/C28H29NO4/c1-19(30)15-16-28(18-20-13-14-21-9-5-6-10-22(21)17-20)23-11-7-8-12-24(23)29(25(28)31)26(32)33-27(2,3)4/h5-14,17H,15-16,18H2,1-4H3/t28-/m1/s1. The molecular weight excluding hydrogens is 414 g/mol. The quantitative estimate of drug-likeness (QED) is 0.487. The summed E-state index contributed by atoms with van der Waals surface area (Å²) in [6.45, 7) is 6.85. The lowest BCUT2D eigenvalue weighted by atomic mass is 9.72. The molecule has 1 heterocycles. The predicted octanol–water partition coefficient (Wildman–Crippen LogP) is 5.97. The Bertz CT molecular complexity index is 1240. The van der Waals surface area contributed by atoms with Gasteiger partial charge in [-0.1, -0.05) is 60.7 Å². The summed E-state index contributed by atoms with van der Waals surface area (Å²) in [6.07, 6.45) is 0.267. The lowest BCUT2D eigenvalue weighted by Gasteiger charge is -2.29. The van der Waals surface area contributed by atoms with Crippen molar-refractivity contribution in [2.45, 2.75) is 58.0 Å². The average molecular weight is 444 g/mol. The van der Waals surface area contributed by atoms with Gasteiger partial charge in [0.2, 0.25) is 5.91 Å². The lowest BCUT2D eigenvalue weighted by molar-refractivity contribution is -0.123. The van der Waals surface area contributed by atoms with Crippen molar-refractivity contribution in [3.05, 3.63) is 77.9 Å². The first-order valence-corrected chi connectivity index (χ1v) is 11.2. The number of Topliss-reactive ketones (excluding diaryl/α,β-unsaturated/α-hetero) is 1. The molecule has 33 heavy (non-hydrogen) atoms. The number of rotatable bonds is 5. The van der Waals surface area contributed by atoms with Crippen LogP contribution >= 0.6 is 0 Å². The van der Waals surface area contributed by atoms with Crippen molar-refractivity contribution in [3.8, 4) is 0 Å². The van der Waals surface area contributed by atoms with Gasteiger partial charge in [-0.05, 0) is 68.5 Å². The predicted molar refractivity (Wildman–Crippen MR) is 129 cm³/mol. The molecule has 3 aromatic carbocycles. The first-order valence-electron chi connectivity index (χ1n) is 11.2. The number of ether oxygens (including phenoxy) is 1. The number of carbonyl (C=O) groups excluding carboxylic acids is 3. The summed E-state index contributed by atoms with van der Waals surface area (Å²) in [6, 6.07) is 21.5. The summed E-state index contributed by atoms with van der Waals surface area (Å²) in [7, 11) is 0. The van der Waals surface area contributed by atoms with Gasteiger partial charge in [-0.3, -0.25) is 4.79 Å². The lowest BCUT2D eigenvalue weighted by Crippen LogP contribution is -2.46. The highest BCUT2D eigenvalue weighted by molar-refractivity contribution is 6.21. The van der Waals surface area contributed by atoms with E-state index >= 15 is 0 Å². The average Bonchev–Trinajstić information content (AvgIpc) is 2.99. The zero-order valence-electron chi connectivity index (χ0n) is 19.6. The molecule has 5 heteroatoms. The molecule has 0 spiro atoms. The number of carbonyl (C=O) groups is 3. The second kappa shape index (κ2) is 8.47. The van der Waals surface area contributed by atoms with Crippen molar-refractivity contribution >= 4 is 34.2 Å². The number of nitrogens with zero attached hydrogens (tertiary/aromatic N) is 1. The molecule has 2 amide bonds.